The van der Waals surface area contributed by atoms with Crippen LogP contribution in [0.1, 0.15) is 11.1 Å². The summed E-state index contributed by atoms with van der Waals surface area (Å²) in [4.78, 5) is 26.5. The van der Waals surface area contributed by atoms with Crippen LogP contribution in [0.3, 0.4) is 0 Å². The van der Waals surface area contributed by atoms with Gasteiger partial charge in [-0.3, -0.25) is 4.79 Å². The Kier molecular flexibility index (Phi) is 5.99. The van der Waals surface area contributed by atoms with Gasteiger partial charge in [-0.05, 0) is 34.9 Å². The molecule has 0 aliphatic carbocycles. The summed E-state index contributed by atoms with van der Waals surface area (Å²) >= 11 is 12.1. The molecule has 0 atom stereocenters. The number of ether oxygens (including phenoxy) is 1. The summed E-state index contributed by atoms with van der Waals surface area (Å²) in [5.74, 6) is -1.03. The zero-order valence-corrected chi connectivity index (χ0v) is 16.1. The molecule has 4 nitrogen and oxygen atoms in total. The maximum absolute atomic E-state index is 12.9. The number of benzene rings is 2. The Morgan fingerprint density at radius 3 is 2.44 bits per heavy atom. The molecule has 1 aliphatic rings. The standard InChI is InChI=1S/C21H17Cl2NO3/c1-27-21(26)19(23)18-16(11-14-7-9-17(22)10-8-14)13-24(20(18)25)12-15-5-3-2-4-6-15/h2-11H,12-13H2,1H3/b16-11-,19-18-. The van der Waals surface area contributed by atoms with Crippen LogP contribution < -0.4 is 0 Å². The lowest BCUT2D eigenvalue weighted by molar-refractivity contribution is -0.136. The first-order valence-corrected chi connectivity index (χ1v) is 9.03. The normalized spacial score (nSPS) is 17.4. The molecule has 138 valence electrons. The number of halogens is 2. The highest BCUT2D eigenvalue weighted by Gasteiger charge is 2.34. The van der Waals surface area contributed by atoms with E-state index in [-0.39, 0.29) is 16.5 Å². The van der Waals surface area contributed by atoms with Gasteiger partial charge < -0.3 is 9.64 Å². The average molecular weight is 402 g/mol. The summed E-state index contributed by atoms with van der Waals surface area (Å²) in [5.41, 5.74) is 2.69. The van der Waals surface area contributed by atoms with Crippen LogP contribution in [0.15, 0.2) is 70.8 Å². The van der Waals surface area contributed by atoms with Gasteiger partial charge in [0.25, 0.3) is 5.91 Å². The van der Waals surface area contributed by atoms with E-state index in [1.807, 2.05) is 48.5 Å². The molecule has 0 spiro atoms. The third-order valence-corrected chi connectivity index (χ3v) is 4.79. The van der Waals surface area contributed by atoms with Gasteiger partial charge in [-0.1, -0.05) is 65.7 Å². The number of rotatable bonds is 4. The van der Waals surface area contributed by atoms with Gasteiger partial charge in [0.2, 0.25) is 0 Å². The Hall–Kier alpha value is -2.56. The molecular formula is C21H17Cl2NO3. The third-order valence-electron chi connectivity index (χ3n) is 4.19. The van der Waals surface area contributed by atoms with Crippen LogP contribution in [0.5, 0.6) is 0 Å². The lowest BCUT2D eigenvalue weighted by Crippen LogP contribution is -2.25. The molecule has 0 saturated carbocycles. The molecule has 0 unspecified atom stereocenters. The quantitative estimate of drug-likeness (QED) is 0.562. The summed E-state index contributed by atoms with van der Waals surface area (Å²) < 4.78 is 4.70. The van der Waals surface area contributed by atoms with E-state index in [4.69, 9.17) is 27.9 Å². The summed E-state index contributed by atoms with van der Waals surface area (Å²) in [7, 11) is 1.23. The molecule has 0 radical (unpaired) electrons. The topological polar surface area (TPSA) is 46.6 Å². The van der Waals surface area contributed by atoms with Gasteiger partial charge in [0.05, 0.1) is 12.7 Å². The van der Waals surface area contributed by atoms with Crippen LogP contribution in [0.2, 0.25) is 5.02 Å². The second kappa shape index (κ2) is 8.42. The molecule has 1 amide bonds. The van der Waals surface area contributed by atoms with Crippen LogP contribution in [0.4, 0.5) is 0 Å². The van der Waals surface area contributed by atoms with Gasteiger partial charge in [-0.15, -0.1) is 0 Å². The van der Waals surface area contributed by atoms with Gasteiger partial charge in [0.15, 0.2) is 0 Å². The van der Waals surface area contributed by atoms with E-state index >= 15 is 0 Å². The molecule has 2 aromatic carbocycles. The lowest BCUT2D eigenvalue weighted by atomic mass is 10.1. The molecule has 1 saturated heterocycles. The third kappa shape index (κ3) is 4.41. The van der Waals surface area contributed by atoms with Crippen LogP contribution >= 0.6 is 23.2 Å². The highest BCUT2D eigenvalue weighted by atomic mass is 35.5. The molecule has 6 heteroatoms. The van der Waals surface area contributed by atoms with E-state index in [1.165, 1.54) is 7.11 Å². The summed E-state index contributed by atoms with van der Waals surface area (Å²) in [6.45, 7) is 0.769. The molecule has 1 heterocycles. The van der Waals surface area contributed by atoms with Crippen molar-refractivity contribution in [1.29, 1.82) is 0 Å². The van der Waals surface area contributed by atoms with Gasteiger partial charge in [0.1, 0.15) is 5.03 Å². The molecule has 1 fully saturated rings. The first-order chi connectivity index (χ1) is 13.0. The smallest absolute Gasteiger partial charge is 0.350 e. The van der Waals surface area contributed by atoms with Crippen molar-refractivity contribution in [1.82, 2.24) is 4.90 Å². The Labute approximate surface area is 167 Å². The Morgan fingerprint density at radius 2 is 1.81 bits per heavy atom. The van der Waals surface area contributed by atoms with E-state index < -0.39 is 5.97 Å². The second-order valence-corrected chi connectivity index (χ2v) is 6.86. The zero-order valence-electron chi connectivity index (χ0n) is 14.6. The number of esters is 1. The molecule has 27 heavy (non-hydrogen) atoms. The fourth-order valence-corrected chi connectivity index (χ4v) is 3.29. The predicted octanol–water partition coefficient (Wildman–Crippen LogP) is 4.43. The van der Waals surface area contributed by atoms with Crippen LogP contribution in [-0.2, 0) is 20.9 Å². The fourth-order valence-electron chi connectivity index (χ4n) is 2.89. The lowest BCUT2D eigenvalue weighted by Gasteiger charge is -2.14. The Bertz CT molecular complexity index is 918. The van der Waals surface area contributed by atoms with Gasteiger partial charge in [-0.25, -0.2) is 4.79 Å². The predicted molar refractivity (Wildman–Crippen MR) is 106 cm³/mol. The molecular weight excluding hydrogens is 385 g/mol. The number of carbonyl (C=O) groups excluding carboxylic acids is 2. The van der Waals surface area contributed by atoms with Crippen molar-refractivity contribution in [2.75, 3.05) is 13.7 Å². The SMILES string of the molecule is COC(=O)/C(Cl)=C1/C(=O)N(Cc2ccccc2)C/C1=C/c1ccc(Cl)cc1. The first kappa shape index (κ1) is 19.2. The van der Waals surface area contributed by atoms with Crippen LogP contribution in [0, 0.1) is 0 Å². The highest BCUT2D eigenvalue weighted by molar-refractivity contribution is 6.44. The molecule has 0 aromatic heterocycles. The van der Waals surface area contributed by atoms with Crippen molar-refractivity contribution in [3.05, 3.63) is 86.9 Å². The van der Waals surface area contributed by atoms with Crippen LogP contribution in [0.25, 0.3) is 6.08 Å². The van der Waals surface area contributed by atoms with Crippen molar-refractivity contribution in [3.63, 3.8) is 0 Å². The monoisotopic (exact) mass is 401 g/mol. The zero-order chi connectivity index (χ0) is 19.4. The fraction of sp³-hybridized carbons (Fsp3) is 0.143. The van der Waals surface area contributed by atoms with Crippen LogP contribution in [-0.4, -0.2) is 30.4 Å². The Morgan fingerprint density at radius 1 is 1.15 bits per heavy atom. The molecule has 1 aliphatic heterocycles. The minimum absolute atomic E-state index is 0.175. The molecule has 0 N–H and O–H groups in total. The van der Waals surface area contributed by atoms with E-state index in [0.29, 0.717) is 23.7 Å². The van der Waals surface area contributed by atoms with Crippen molar-refractivity contribution in [3.8, 4) is 0 Å². The maximum atomic E-state index is 12.9. The molecule has 2 aromatic rings. The second-order valence-electron chi connectivity index (χ2n) is 6.05. The molecule has 0 bridgehead atoms. The van der Waals surface area contributed by atoms with E-state index in [2.05, 4.69) is 0 Å². The Balaban J connectivity index is 1.99. The summed E-state index contributed by atoms with van der Waals surface area (Å²) in [6, 6.07) is 16.8. The number of likely N-dealkylation sites (tertiary alicyclic amines) is 1. The summed E-state index contributed by atoms with van der Waals surface area (Å²) in [6.07, 6.45) is 1.83. The van der Waals surface area contributed by atoms with Crippen molar-refractivity contribution >= 4 is 41.2 Å². The number of amides is 1. The number of carbonyl (C=O) groups is 2. The highest BCUT2D eigenvalue weighted by Crippen LogP contribution is 2.31. The number of nitrogens with zero attached hydrogens (tertiary/aromatic N) is 1. The van der Waals surface area contributed by atoms with Crippen molar-refractivity contribution < 1.29 is 14.3 Å². The number of methoxy groups -OCH3 is 1. The number of hydrogen-bond acceptors (Lipinski definition) is 3. The number of hydrogen-bond donors (Lipinski definition) is 0. The maximum Gasteiger partial charge on any atom is 0.350 e. The largest absolute Gasteiger partial charge is 0.465 e. The summed E-state index contributed by atoms with van der Waals surface area (Å²) in [5, 5.41) is 0.409. The first-order valence-electron chi connectivity index (χ1n) is 8.27. The van der Waals surface area contributed by atoms with Gasteiger partial charge >= 0.3 is 5.97 Å². The van der Waals surface area contributed by atoms with Crippen molar-refractivity contribution in [2.45, 2.75) is 6.54 Å². The van der Waals surface area contributed by atoms with E-state index in [0.717, 1.165) is 11.1 Å². The van der Waals surface area contributed by atoms with Gasteiger partial charge in [0, 0.05) is 18.1 Å². The molecule has 3 rings (SSSR count). The minimum atomic E-state index is -0.733. The van der Waals surface area contributed by atoms with E-state index in [1.54, 1.807) is 17.0 Å². The average Bonchev–Trinajstić information content (AvgIpc) is 2.98. The van der Waals surface area contributed by atoms with Gasteiger partial charge in [-0.2, -0.15) is 0 Å². The van der Waals surface area contributed by atoms with Crippen molar-refractivity contribution in [2.24, 2.45) is 0 Å². The van der Waals surface area contributed by atoms with E-state index in [9.17, 15) is 9.59 Å². The minimum Gasteiger partial charge on any atom is -0.465 e.